The highest BCUT2D eigenvalue weighted by Crippen LogP contribution is 2.27. The van der Waals surface area contributed by atoms with Crippen LogP contribution in [0.5, 0.6) is 0 Å². The minimum atomic E-state index is 0.0267. The average Bonchev–Trinajstić information content (AvgIpc) is 2.28. The molecule has 5 heteroatoms. The Bertz CT molecular complexity index is 474. The zero-order chi connectivity index (χ0) is 12.4. The number of nitrogens with one attached hydrogen (secondary N) is 1. The number of ketones is 1. The monoisotopic (exact) mass is 296 g/mol. The standard InChI is InChI=1S/C12H13BrN2O2/c1-8(16)9-2-3-11(10(13)6-9)15-5-4-14-12(17)7-15/h2-3,6H,4-5,7H2,1H3,(H,14,17). The predicted octanol–water partition coefficient (Wildman–Crippen LogP) is 1.59. The van der Waals surface area contributed by atoms with Crippen LogP contribution in [0.4, 0.5) is 5.69 Å². The number of hydrogen-bond donors (Lipinski definition) is 1. The third-order valence-corrected chi connectivity index (χ3v) is 3.37. The largest absolute Gasteiger partial charge is 0.360 e. The predicted molar refractivity (Wildman–Crippen MR) is 69.4 cm³/mol. The van der Waals surface area contributed by atoms with E-state index in [4.69, 9.17) is 0 Å². The molecular formula is C12H13BrN2O2. The third kappa shape index (κ3) is 2.66. The van der Waals surface area contributed by atoms with E-state index >= 15 is 0 Å². The molecule has 0 bridgehead atoms. The van der Waals surface area contributed by atoms with Crippen molar-refractivity contribution in [2.45, 2.75) is 6.92 Å². The van der Waals surface area contributed by atoms with Crippen molar-refractivity contribution >= 4 is 33.3 Å². The molecule has 0 saturated carbocycles. The molecular weight excluding hydrogens is 284 g/mol. The van der Waals surface area contributed by atoms with Crippen molar-refractivity contribution in [3.8, 4) is 0 Å². The van der Waals surface area contributed by atoms with Gasteiger partial charge in [0.25, 0.3) is 0 Å². The molecule has 1 fully saturated rings. The molecule has 0 unspecified atom stereocenters. The van der Waals surface area contributed by atoms with Crippen LogP contribution in [0.15, 0.2) is 22.7 Å². The Kier molecular flexibility index (Phi) is 3.47. The van der Waals surface area contributed by atoms with E-state index in [1.165, 1.54) is 6.92 Å². The van der Waals surface area contributed by atoms with Crippen molar-refractivity contribution in [2.24, 2.45) is 0 Å². The van der Waals surface area contributed by atoms with Gasteiger partial charge in [0.15, 0.2) is 5.78 Å². The molecule has 2 rings (SSSR count). The number of Topliss-reactive ketones (excluding diaryl/α,β-unsaturated/α-hetero) is 1. The molecule has 1 aliphatic rings. The first-order valence-electron chi connectivity index (χ1n) is 5.40. The van der Waals surface area contributed by atoms with Crippen LogP contribution in [-0.2, 0) is 4.79 Å². The number of nitrogens with zero attached hydrogens (tertiary/aromatic N) is 1. The van der Waals surface area contributed by atoms with Gasteiger partial charge in [0, 0.05) is 23.1 Å². The van der Waals surface area contributed by atoms with E-state index in [1.54, 1.807) is 12.1 Å². The first kappa shape index (κ1) is 12.1. The van der Waals surface area contributed by atoms with Crippen molar-refractivity contribution in [2.75, 3.05) is 24.5 Å². The Labute approximate surface area is 108 Å². The first-order chi connectivity index (χ1) is 8.08. The molecule has 0 radical (unpaired) electrons. The summed E-state index contributed by atoms with van der Waals surface area (Å²) in [5.74, 6) is 0.0624. The fraction of sp³-hybridized carbons (Fsp3) is 0.333. The van der Waals surface area contributed by atoms with Gasteiger partial charge in [-0.15, -0.1) is 0 Å². The Balaban J connectivity index is 2.26. The smallest absolute Gasteiger partial charge is 0.239 e. The lowest BCUT2D eigenvalue weighted by atomic mass is 10.1. The number of piperazine rings is 1. The second-order valence-corrected chi connectivity index (χ2v) is 4.85. The number of halogens is 1. The minimum absolute atomic E-state index is 0.0267. The van der Waals surface area contributed by atoms with Gasteiger partial charge in [-0.2, -0.15) is 0 Å². The van der Waals surface area contributed by atoms with Crippen molar-refractivity contribution in [1.29, 1.82) is 0 Å². The van der Waals surface area contributed by atoms with Gasteiger partial charge in [0.2, 0.25) is 5.91 Å². The van der Waals surface area contributed by atoms with Crippen LogP contribution in [-0.4, -0.2) is 31.3 Å². The molecule has 17 heavy (non-hydrogen) atoms. The maximum atomic E-state index is 11.3. The molecule has 4 nitrogen and oxygen atoms in total. The normalized spacial score (nSPS) is 15.6. The Hall–Kier alpha value is -1.36. The lowest BCUT2D eigenvalue weighted by Crippen LogP contribution is -2.47. The van der Waals surface area contributed by atoms with E-state index in [0.717, 1.165) is 16.7 Å². The molecule has 1 amide bonds. The molecule has 0 aliphatic carbocycles. The molecule has 0 aromatic heterocycles. The van der Waals surface area contributed by atoms with Crippen LogP contribution in [0.3, 0.4) is 0 Å². The van der Waals surface area contributed by atoms with Crippen molar-refractivity contribution in [3.63, 3.8) is 0 Å². The number of hydrogen-bond acceptors (Lipinski definition) is 3. The van der Waals surface area contributed by atoms with Gasteiger partial charge >= 0.3 is 0 Å². The first-order valence-corrected chi connectivity index (χ1v) is 6.19. The number of carbonyl (C=O) groups is 2. The van der Waals surface area contributed by atoms with Gasteiger partial charge in [0.1, 0.15) is 0 Å². The summed E-state index contributed by atoms with van der Waals surface area (Å²) in [6.07, 6.45) is 0. The third-order valence-electron chi connectivity index (χ3n) is 2.73. The molecule has 1 aromatic carbocycles. The molecule has 1 N–H and O–H groups in total. The summed E-state index contributed by atoms with van der Waals surface area (Å²) in [6.45, 7) is 3.33. The molecule has 1 saturated heterocycles. The summed E-state index contributed by atoms with van der Waals surface area (Å²) in [5, 5.41) is 2.78. The highest BCUT2D eigenvalue weighted by Gasteiger charge is 2.18. The van der Waals surface area contributed by atoms with Crippen LogP contribution in [0.2, 0.25) is 0 Å². The number of benzene rings is 1. The number of carbonyl (C=O) groups excluding carboxylic acids is 2. The van der Waals surface area contributed by atoms with E-state index in [1.807, 2.05) is 11.0 Å². The number of anilines is 1. The van der Waals surface area contributed by atoms with Gasteiger partial charge in [-0.25, -0.2) is 0 Å². The van der Waals surface area contributed by atoms with E-state index < -0.39 is 0 Å². The zero-order valence-corrected chi connectivity index (χ0v) is 11.1. The summed E-state index contributed by atoms with van der Waals surface area (Å²) in [4.78, 5) is 24.5. The maximum Gasteiger partial charge on any atom is 0.239 e. The second kappa shape index (κ2) is 4.87. The fourth-order valence-corrected chi connectivity index (χ4v) is 2.46. The van der Waals surface area contributed by atoms with Crippen LogP contribution in [0.25, 0.3) is 0 Å². The zero-order valence-electron chi connectivity index (χ0n) is 9.50. The average molecular weight is 297 g/mol. The Morgan fingerprint density at radius 2 is 2.24 bits per heavy atom. The number of amides is 1. The van der Waals surface area contributed by atoms with Crippen LogP contribution < -0.4 is 10.2 Å². The van der Waals surface area contributed by atoms with E-state index in [2.05, 4.69) is 21.2 Å². The Morgan fingerprint density at radius 3 is 2.82 bits per heavy atom. The topological polar surface area (TPSA) is 49.4 Å². The number of rotatable bonds is 2. The van der Waals surface area contributed by atoms with Gasteiger partial charge in [-0.3, -0.25) is 9.59 Å². The van der Waals surface area contributed by atoms with Gasteiger partial charge in [0.05, 0.1) is 12.2 Å². The molecule has 0 spiro atoms. The Morgan fingerprint density at radius 1 is 1.47 bits per heavy atom. The van der Waals surface area contributed by atoms with E-state index in [9.17, 15) is 9.59 Å². The molecule has 1 heterocycles. The molecule has 90 valence electrons. The lowest BCUT2D eigenvalue weighted by Gasteiger charge is -2.29. The van der Waals surface area contributed by atoms with Gasteiger partial charge < -0.3 is 10.2 Å². The molecule has 0 atom stereocenters. The maximum absolute atomic E-state index is 11.3. The second-order valence-electron chi connectivity index (χ2n) is 3.99. The van der Waals surface area contributed by atoms with Gasteiger partial charge in [-0.05, 0) is 41.1 Å². The lowest BCUT2D eigenvalue weighted by molar-refractivity contribution is -0.120. The van der Waals surface area contributed by atoms with Crippen molar-refractivity contribution in [3.05, 3.63) is 28.2 Å². The van der Waals surface area contributed by atoms with E-state index in [0.29, 0.717) is 18.7 Å². The summed E-state index contributed by atoms with van der Waals surface area (Å²) >= 11 is 3.45. The molecule has 1 aliphatic heterocycles. The summed E-state index contributed by atoms with van der Waals surface area (Å²) in [7, 11) is 0. The van der Waals surface area contributed by atoms with Gasteiger partial charge in [-0.1, -0.05) is 0 Å². The van der Waals surface area contributed by atoms with Crippen LogP contribution in [0, 0.1) is 0 Å². The fourth-order valence-electron chi connectivity index (χ4n) is 1.83. The quantitative estimate of drug-likeness (QED) is 0.843. The molecule has 1 aromatic rings. The van der Waals surface area contributed by atoms with Crippen LogP contribution in [0.1, 0.15) is 17.3 Å². The van der Waals surface area contributed by atoms with Crippen molar-refractivity contribution in [1.82, 2.24) is 5.32 Å². The van der Waals surface area contributed by atoms with Crippen molar-refractivity contribution < 1.29 is 9.59 Å². The summed E-state index contributed by atoms with van der Waals surface area (Å²) in [5.41, 5.74) is 1.62. The highest BCUT2D eigenvalue weighted by molar-refractivity contribution is 9.10. The van der Waals surface area contributed by atoms with E-state index in [-0.39, 0.29) is 11.7 Å². The SMILES string of the molecule is CC(=O)c1ccc(N2CCNC(=O)C2)c(Br)c1. The summed E-state index contributed by atoms with van der Waals surface area (Å²) < 4.78 is 0.847. The minimum Gasteiger partial charge on any atom is -0.360 e. The summed E-state index contributed by atoms with van der Waals surface area (Å²) in [6, 6.07) is 5.46. The van der Waals surface area contributed by atoms with Crippen LogP contribution >= 0.6 is 15.9 Å². The highest BCUT2D eigenvalue weighted by atomic mass is 79.9.